The first-order chi connectivity index (χ1) is 7.52. The number of carboxylic acid groups (broad SMARTS) is 1. The summed E-state index contributed by atoms with van der Waals surface area (Å²) in [6, 6.07) is -0.938. The molecule has 1 aliphatic carbocycles. The van der Waals surface area contributed by atoms with Gasteiger partial charge in [0, 0.05) is 13.5 Å². The molecule has 1 saturated carbocycles. The molecular formula is C11H19NO4. The third-order valence-electron chi connectivity index (χ3n) is 3.00. The largest absolute Gasteiger partial charge is 0.480 e. The molecule has 0 radical (unpaired) electrons. The van der Waals surface area contributed by atoms with Gasteiger partial charge in [0.1, 0.15) is 0 Å². The average molecular weight is 229 g/mol. The predicted molar refractivity (Wildman–Crippen MR) is 58.1 cm³/mol. The van der Waals surface area contributed by atoms with Crippen molar-refractivity contribution < 1.29 is 19.4 Å². The maximum Gasteiger partial charge on any atom is 0.329 e. The molecule has 1 rings (SSSR count). The molecule has 0 aromatic carbocycles. The molecule has 5 nitrogen and oxygen atoms in total. The Morgan fingerprint density at radius 1 is 1.44 bits per heavy atom. The van der Waals surface area contributed by atoms with Crippen LogP contribution in [-0.4, -0.2) is 35.2 Å². The summed E-state index contributed by atoms with van der Waals surface area (Å²) < 4.78 is 5.62. The van der Waals surface area contributed by atoms with E-state index >= 15 is 0 Å². The van der Waals surface area contributed by atoms with Crippen LogP contribution in [0.3, 0.4) is 0 Å². The normalized spacial score (nSPS) is 20.4. The number of carboxylic acids is 1. The smallest absolute Gasteiger partial charge is 0.329 e. The number of hydrogen-bond donors (Lipinski definition) is 2. The van der Waals surface area contributed by atoms with Crippen molar-refractivity contribution in [3.8, 4) is 0 Å². The van der Waals surface area contributed by atoms with E-state index in [1.165, 1.54) is 6.92 Å². The highest BCUT2D eigenvalue weighted by atomic mass is 16.5. The van der Waals surface area contributed by atoms with Crippen LogP contribution in [0.2, 0.25) is 0 Å². The van der Waals surface area contributed by atoms with Crippen molar-refractivity contribution >= 4 is 11.9 Å². The van der Waals surface area contributed by atoms with E-state index in [0.29, 0.717) is 19.4 Å². The highest BCUT2D eigenvalue weighted by Crippen LogP contribution is 2.36. The quantitative estimate of drug-likeness (QED) is 0.735. The summed E-state index contributed by atoms with van der Waals surface area (Å²) in [7, 11) is 0. The second kappa shape index (κ2) is 5.30. The van der Waals surface area contributed by atoms with E-state index in [9.17, 15) is 14.7 Å². The zero-order valence-electron chi connectivity index (χ0n) is 9.78. The van der Waals surface area contributed by atoms with E-state index in [0.717, 1.165) is 12.8 Å². The van der Waals surface area contributed by atoms with Gasteiger partial charge in [-0.15, -0.1) is 0 Å². The molecular weight excluding hydrogens is 210 g/mol. The van der Waals surface area contributed by atoms with Gasteiger partial charge in [0.15, 0.2) is 6.04 Å². The lowest BCUT2D eigenvalue weighted by Crippen LogP contribution is -2.56. The minimum absolute atomic E-state index is 0.335. The molecule has 16 heavy (non-hydrogen) atoms. The predicted octanol–water partition coefficient (Wildman–Crippen LogP) is 0.925. The molecule has 1 aliphatic rings. The molecule has 1 atom stereocenters. The standard InChI is InChI=1S/C11H19NO4/c1-3-16-11(6-4-5-7-11)9(10(14)15)12-8(2)13/h9H,3-7H2,1-2H3,(H,12,13)(H,14,15). The molecule has 92 valence electrons. The minimum atomic E-state index is -1.02. The summed E-state index contributed by atoms with van der Waals surface area (Å²) >= 11 is 0. The van der Waals surface area contributed by atoms with Gasteiger partial charge in [0.05, 0.1) is 5.60 Å². The minimum Gasteiger partial charge on any atom is -0.480 e. The second-order valence-corrected chi connectivity index (χ2v) is 4.18. The van der Waals surface area contributed by atoms with Gasteiger partial charge < -0.3 is 15.2 Å². The molecule has 0 heterocycles. The van der Waals surface area contributed by atoms with Gasteiger partial charge in [0.2, 0.25) is 5.91 Å². The van der Waals surface area contributed by atoms with Crippen LogP contribution in [0, 0.1) is 0 Å². The first-order valence-electron chi connectivity index (χ1n) is 5.65. The van der Waals surface area contributed by atoms with Crippen LogP contribution in [-0.2, 0) is 14.3 Å². The number of rotatable bonds is 5. The molecule has 5 heteroatoms. The Bertz CT molecular complexity index is 271. The monoisotopic (exact) mass is 229 g/mol. The van der Waals surface area contributed by atoms with E-state index in [1.54, 1.807) is 0 Å². The van der Waals surface area contributed by atoms with E-state index in [-0.39, 0.29) is 5.91 Å². The van der Waals surface area contributed by atoms with Crippen LogP contribution >= 0.6 is 0 Å². The van der Waals surface area contributed by atoms with Crippen molar-refractivity contribution in [3.05, 3.63) is 0 Å². The topological polar surface area (TPSA) is 75.6 Å². The van der Waals surface area contributed by atoms with Crippen molar-refractivity contribution in [1.29, 1.82) is 0 Å². The number of hydrogen-bond acceptors (Lipinski definition) is 3. The molecule has 0 saturated heterocycles. The Morgan fingerprint density at radius 2 is 2.00 bits per heavy atom. The maximum absolute atomic E-state index is 11.2. The fourth-order valence-electron chi connectivity index (χ4n) is 2.40. The van der Waals surface area contributed by atoms with E-state index in [2.05, 4.69) is 5.32 Å². The van der Waals surface area contributed by atoms with Crippen molar-refractivity contribution in [3.63, 3.8) is 0 Å². The summed E-state index contributed by atoms with van der Waals surface area (Å²) in [5, 5.41) is 11.7. The van der Waals surface area contributed by atoms with E-state index < -0.39 is 17.6 Å². The molecule has 2 N–H and O–H groups in total. The lowest BCUT2D eigenvalue weighted by atomic mass is 9.91. The Balaban J connectivity index is 2.86. The van der Waals surface area contributed by atoms with Crippen LogP contribution in [0.25, 0.3) is 0 Å². The highest BCUT2D eigenvalue weighted by Gasteiger charge is 2.46. The summed E-state index contributed by atoms with van der Waals surface area (Å²) in [5.41, 5.74) is -0.716. The number of carbonyl (C=O) groups is 2. The fraction of sp³-hybridized carbons (Fsp3) is 0.818. The maximum atomic E-state index is 11.2. The van der Waals surface area contributed by atoms with Gasteiger partial charge in [-0.05, 0) is 19.8 Å². The fourth-order valence-corrected chi connectivity index (χ4v) is 2.40. The second-order valence-electron chi connectivity index (χ2n) is 4.18. The van der Waals surface area contributed by atoms with Gasteiger partial charge in [0.25, 0.3) is 0 Å². The number of aliphatic carboxylic acids is 1. The Morgan fingerprint density at radius 3 is 2.38 bits per heavy atom. The Labute approximate surface area is 95.2 Å². The number of carbonyl (C=O) groups excluding carboxylic acids is 1. The number of amides is 1. The van der Waals surface area contributed by atoms with Gasteiger partial charge >= 0.3 is 5.97 Å². The Kier molecular flexibility index (Phi) is 4.29. The van der Waals surface area contributed by atoms with Crippen molar-refractivity contribution in [2.24, 2.45) is 0 Å². The van der Waals surface area contributed by atoms with Crippen LogP contribution in [0.15, 0.2) is 0 Å². The average Bonchev–Trinajstić information content (AvgIpc) is 2.63. The van der Waals surface area contributed by atoms with Crippen LogP contribution < -0.4 is 5.32 Å². The van der Waals surface area contributed by atoms with Gasteiger partial charge in [-0.2, -0.15) is 0 Å². The molecule has 1 fully saturated rings. The van der Waals surface area contributed by atoms with Gasteiger partial charge in [-0.25, -0.2) is 4.79 Å². The van der Waals surface area contributed by atoms with Crippen LogP contribution in [0.1, 0.15) is 39.5 Å². The molecule has 1 amide bonds. The highest BCUT2D eigenvalue weighted by molar-refractivity contribution is 5.83. The molecule has 1 unspecified atom stereocenters. The molecule has 0 bridgehead atoms. The summed E-state index contributed by atoms with van der Waals surface area (Å²) in [4.78, 5) is 22.2. The van der Waals surface area contributed by atoms with Gasteiger partial charge in [-0.3, -0.25) is 4.79 Å². The molecule has 0 aromatic heterocycles. The zero-order valence-corrected chi connectivity index (χ0v) is 9.78. The van der Waals surface area contributed by atoms with E-state index in [4.69, 9.17) is 4.74 Å². The third-order valence-corrected chi connectivity index (χ3v) is 3.00. The zero-order chi connectivity index (χ0) is 12.2. The van der Waals surface area contributed by atoms with Crippen LogP contribution in [0.4, 0.5) is 0 Å². The van der Waals surface area contributed by atoms with Gasteiger partial charge in [-0.1, -0.05) is 12.8 Å². The summed E-state index contributed by atoms with van der Waals surface area (Å²) in [6.07, 6.45) is 3.28. The molecule has 0 aliphatic heterocycles. The summed E-state index contributed by atoms with van der Waals surface area (Å²) in [6.45, 7) is 3.63. The first kappa shape index (κ1) is 13.0. The molecule has 0 spiro atoms. The lowest BCUT2D eigenvalue weighted by Gasteiger charge is -2.34. The van der Waals surface area contributed by atoms with Crippen molar-refractivity contribution in [2.45, 2.75) is 51.2 Å². The first-order valence-corrected chi connectivity index (χ1v) is 5.65. The molecule has 0 aromatic rings. The third kappa shape index (κ3) is 2.72. The number of ether oxygens (including phenoxy) is 1. The lowest BCUT2D eigenvalue weighted by molar-refractivity contribution is -0.154. The van der Waals surface area contributed by atoms with Crippen LogP contribution in [0.5, 0.6) is 0 Å². The summed E-state index contributed by atoms with van der Waals surface area (Å²) in [5.74, 6) is -1.36. The number of nitrogens with one attached hydrogen (secondary N) is 1. The van der Waals surface area contributed by atoms with Crippen molar-refractivity contribution in [2.75, 3.05) is 6.61 Å². The SMILES string of the molecule is CCOC1(C(NC(C)=O)C(=O)O)CCCC1. The van der Waals surface area contributed by atoms with E-state index in [1.807, 2.05) is 6.92 Å². The van der Waals surface area contributed by atoms with Crippen molar-refractivity contribution in [1.82, 2.24) is 5.32 Å². The Hall–Kier alpha value is -1.10.